The second kappa shape index (κ2) is 16.1. The summed E-state index contributed by atoms with van der Waals surface area (Å²) in [6.45, 7) is 8.36. The third-order valence-electron chi connectivity index (χ3n) is 0.508. The first-order chi connectivity index (χ1) is 7.35. The Morgan fingerprint density at radius 1 is 1.25 bits per heavy atom. The molecule has 0 bridgehead atoms. The van der Waals surface area contributed by atoms with Gasteiger partial charge in [0.1, 0.15) is 0 Å². The second-order valence-corrected chi connectivity index (χ2v) is 3.06. The average Bonchev–Trinajstić information content (AvgIpc) is 2.17. The minimum absolute atomic E-state index is 0.590. The van der Waals surface area contributed by atoms with Crippen LogP contribution in [-0.4, -0.2) is 38.0 Å². The van der Waals surface area contributed by atoms with E-state index in [9.17, 15) is 9.59 Å². The molecular formula is C10H20ClN3O2. The Hall–Kier alpha value is -1.33. The number of imide groups is 1. The number of carbonyl (C=O) groups excluding carboxylic acids is 2. The van der Waals surface area contributed by atoms with E-state index in [0.717, 1.165) is 6.08 Å². The lowest BCUT2D eigenvalue weighted by molar-refractivity contribution is -0.115. The Bertz CT molecular complexity index is 215. The van der Waals surface area contributed by atoms with E-state index in [1.807, 2.05) is 38.3 Å². The van der Waals surface area contributed by atoms with Crippen molar-refractivity contribution >= 4 is 23.7 Å². The maximum atomic E-state index is 10.2. The van der Waals surface area contributed by atoms with E-state index < -0.39 is 11.9 Å². The molecule has 0 saturated carbocycles. The Morgan fingerprint density at radius 2 is 1.56 bits per heavy atom. The van der Waals surface area contributed by atoms with E-state index in [-0.39, 0.29) is 0 Å². The number of allylic oxidation sites excluding steroid dienone is 1. The molecule has 0 heterocycles. The van der Waals surface area contributed by atoms with Crippen molar-refractivity contribution in [2.24, 2.45) is 0 Å². The molecule has 0 saturated heterocycles. The molecular weight excluding hydrogens is 230 g/mol. The number of hydrogen-bond acceptors (Lipinski definition) is 3. The summed E-state index contributed by atoms with van der Waals surface area (Å²) in [5.74, 6) is -0.590. The summed E-state index contributed by atoms with van der Waals surface area (Å²) in [6.07, 6.45) is 2.71. The van der Waals surface area contributed by atoms with Gasteiger partial charge < -0.3 is 4.90 Å². The molecule has 0 spiro atoms. The first kappa shape index (κ1) is 20.1. The van der Waals surface area contributed by atoms with Crippen molar-refractivity contribution < 1.29 is 9.59 Å². The fraction of sp³-hybridized carbons (Fsp3) is 0.400. The van der Waals surface area contributed by atoms with Crippen LogP contribution in [0.15, 0.2) is 25.3 Å². The average molecular weight is 250 g/mol. The normalized spacial score (nSPS) is 7.38. The fourth-order valence-corrected chi connectivity index (χ4v) is 0.234. The highest BCUT2D eigenvalue weighted by Gasteiger charge is 1.99. The van der Waals surface area contributed by atoms with Gasteiger partial charge in [-0.15, -0.1) is 6.58 Å². The van der Waals surface area contributed by atoms with E-state index in [0.29, 0.717) is 0 Å². The molecule has 0 aromatic carbocycles. The fourth-order valence-electron chi connectivity index (χ4n) is 0.187. The molecule has 2 N–H and O–H groups in total. The van der Waals surface area contributed by atoms with Crippen LogP contribution < -0.4 is 10.2 Å². The van der Waals surface area contributed by atoms with Crippen LogP contribution in [0.25, 0.3) is 0 Å². The summed E-state index contributed by atoms with van der Waals surface area (Å²) in [6, 6.07) is -0.762. The molecule has 0 fully saturated rings. The van der Waals surface area contributed by atoms with E-state index in [4.69, 9.17) is 11.8 Å². The van der Waals surface area contributed by atoms with Crippen LogP contribution in [0.1, 0.15) is 6.92 Å². The minimum Gasteiger partial charge on any atom is -0.312 e. The van der Waals surface area contributed by atoms with Gasteiger partial charge in [0.2, 0.25) is 0 Å². The topological polar surface area (TPSA) is 61.4 Å². The van der Waals surface area contributed by atoms with Crippen molar-refractivity contribution in [2.75, 3.05) is 21.1 Å². The van der Waals surface area contributed by atoms with Gasteiger partial charge in [0.15, 0.2) is 0 Å². The highest BCUT2D eigenvalue weighted by Crippen LogP contribution is 1.69. The summed E-state index contributed by atoms with van der Waals surface area (Å²) < 4.78 is 0. The van der Waals surface area contributed by atoms with Gasteiger partial charge in [0, 0.05) is 11.8 Å². The van der Waals surface area contributed by atoms with Crippen molar-refractivity contribution in [1.82, 2.24) is 15.1 Å². The Labute approximate surface area is 102 Å². The van der Waals surface area contributed by atoms with Gasteiger partial charge in [-0.1, -0.05) is 12.7 Å². The Kier molecular flexibility index (Phi) is 20.3. The van der Waals surface area contributed by atoms with Gasteiger partial charge in [-0.2, -0.15) is 0 Å². The zero-order valence-corrected chi connectivity index (χ0v) is 11.0. The lowest BCUT2D eigenvalue weighted by Crippen LogP contribution is -2.33. The number of carbonyl (C=O) groups is 2. The monoisotopic (exact) mass is 249 g/mol. The SMILES string of the molecule is C=CC.C=CC(=O)NC(=O)NCl.CN(C)C. The molecule has 16 heavy (non-hydrogen) atoms. The highest BCUT2D eigenvalue weighted by molar-refractivity contribution is 6.22. The zero-order chi connectivity index (χ0) is 13.6. The summed E-state index contributed by atoms with van der Waals surface area (Å²) in [7, 11) is 6.00. The molecule has 0 unspecified atom stereocenters. The number of rotatable bonds is 1. The molecule has 0 radical (unpaired) electrons. The van der Waals surface area contributed by atoms with Crippen molar-refractivity contribution in [3.8, 4) is 0 Å². The van der Waals surface area contributed by atoms with Crippen molar-refractivity contribution in [3.05, 3.63) is 25.3 Å². The standard InChI is InChI=1S/C4H5ClN2O2.C3H9N.C3H6/c1-2-3(8)6-4(9)7-5;1-4(2)3;1-3-2/h2H,1H2,(H2,6,7,8,9);1-3H3;3H,1H2,2H3. The molecule has 0 aromatic heterocycles. The summed E-state index contributed by atoms with van der Waals surface area (Å²) in [5.41, 5.74) is 0. The molecule has 0 aliphatic rings. The van der Waals surface area contributed by atoms with Crippen LogP contribution in [0.3, 0.4) is 0 Å². The Morgan fingerprint density at radius 3 is 1.75 bits per heavy atom. The number of amides is 3. The summed E-state index contributed by atoms with van der Waals surface area (Å²) in [5, 5.41) is 1.84. The lowest BCUT2D eigenvalue weighted by atomic mass is 10.6. The first-order valence-corrected chi connectivity index (χ1v) is 4.75. The number of nitrogens with zero attached hydrogens (tertiary/aromatic N) is 1. The lowest BCUT2D eigenvalue weighted by Gasteiger charge is -1.94. The van der Waals surface area contributed by atoms with Gasteiger partial charge >= 0.3 is 6.03 Å². The molecule has 0 rings (SSSR count). The smallest absolute Gasteiger partial charge is 0.312 e. The maximum absolute atomic E-state index is 10.2. The van der Waals surface area contributed by atoms with Crippen LogP contribution in [0.4, 0.5) is 4.79 Å². The van der Waals surface area contributed by atoms with Crippen molar-refractivity contribution in [1.29, 1.82) is 0 Å². The molecule has 0 atom stereocenters. The van der Waals surface area contributed by atoms with Gasteiger partial charge in [-0.05, 0) is 34.1 Å². The van der Waals surface area contributed by atoms with Crippen molar-refractivity contribution in [3.63, 3.8) is 0 Å². The number of urea groups is 1. The number of halogens is 1. The highest BCUT2D eigenvalue weighted by atomic mass is 35.5. The molecule has 0 aliphatic carbocycles. The quantitative estimate of drug-likeness (QED) is 0.421. The van der Waals surface area contributed by atoms with E-state index in [1.165, 1.54) is 0 Å². The van der Waals surface area contributed by atoms with Crippen LogP contribution in [0.2, 0.25) is 0 Å². The molecule has 6 heteroatoms. The number of hydrogen-bond donors (Lipinski definition) is 2. The molecule has 0 aromatic rings. The predicted octanol–water partition coefficient (Wildman–Crippen LogP) is 1.52. The predicted molar refractivity (Wildman–Crippen MR) is 68.2 cm³/mol. The van der Waals surface area contributed by atoms with Crippen LogP contribution in [0.5, 0.6) is 0 Å². The number of nitrogens with one attached hydrogen (secondary N) is 2. The Balaban J connectivity index is -0.000000201. The van der Waals surface area contributed by atoms with Crippen LogP contribution >= 0.6 is 11.8 Å². The van der Waals surface area contributed by atoms with Gasteiger partial charge in [0.25, 0.3) is 5.91 Å². The molecule has 5 nitrogen and oxygen atoms in total. The van der Waals surface area contributed by atoms with E-state index in [2.05, 4.69) is 13.2 Å². The zero-order valence-electron chi connectivity index (χ0n) is 10.2. The summed E-state index contributed by atoms with van der Waals surface area (Å²) in [4.78, 5) is 24.1. The first-order valence-electron chi connectivity index (χ1n) is 4.37. The van der Waals surface area contributed by atoms with Crippen LogP contribution in [0, 0.1) is 0 Å². The third-order valence-corrected chi connectivity index (χ3v) is 0.680. The summed E-state index contributed by atoms with van der Waals surface area (Å²) >= 11 is 4.80. The molecule has 94 valence electrons. The van der Waals surface area contributed by atoms with E-state index >= 15 is 0 Å². The largest absolute Gasteiger partial charge is 0.336 e. The second-order valence-electron chi connectivity index (χ2n) is 2.87. The minimum atomic E-state index is -0.762. The van der Waals surface area contributed by atoms with Crippen molar-refractivity contribution in [2.45, 2.75) is 6.92 Å². The van der Waals surface area contributed by atoms with E-state index in [1.54, 1.807) is 10.9 Å². The molecule has 0 aliphatic heterocycles. The van der Waals surface area contributed by atoms with Crippen LogP contribution in [-0.2, 0) is 4.79 Å². The van der Waals surface area contributed by atoms with Gasteiger partial charge in [-0.25, -0.2) is 9.63 Å². The molecule has 3 amide bonds. The maximum Gasteiger partial charge on any atom is 0.336 e. The third kappa shape index (κ3) is 38.8. The van der Waals surface area contributed by atoms with Gasteiger partial charge in [0.05, 0.1) is 0 Å². The van der Waals surface area contributed by atoms with Gasteiger partial charge in [-0.3, -0.25) is 10.1 Å².